The molecule has 0 aliphatic carbocycles. The zero-order valence-electron chi connectivity index (χ0n) is 6.23. The summed E-state index contributed by atoms with van der Waals surface area (Å²) in [6, 6.07) is 9.92. The lowest BCUT2D eigenvalue weighted by molar-refractivity contribution is -0.578. The van der Waals surface area contributed by atoms with Gasteiger partial charge in [-0.25, -0.2) is 0 Å². The minimum atomic E-state index is 0.495. The van der Waals surface area contributed by atoms with Crippen LogP contribution in [0.3, 0.4) is 0 Å². The highest BCUT2D eigenvalue weighted by Crippen LogP contribution is 1.99. The van der Waals surface area contributed by atoms with E-state index in [-0.39, 0.29) is 0 Å². The average Bonchev–Trinajstić information content (AvgIpc) is 2.07. The first-order chi connectivity index (χ1) is 5.43. The minimum Gasteiger partial charge on any atom is -0.636 e. The lowest BCUT2D eigenvalue weighted by Crippen LogP contribution is -2.76. The fourth-order valence-electron chi connectivity index (χ4n) is 0.824. The first-order valence-electron chi connectivity index (χ1n) is 3.58. The van der Waals surface area contributed by atoms with Gasteiger partial charge >= 0.3 is 0 Å². The van der Waals surface area contributed by atoms with Crippen LogP contribution in [-0.4, -0.2) is 6.54 Å². The number of hydroxylamine groups is 1. The zero-order valence-corrected chi connectivity index (χ0v) is 6.23. The van der Waals surface area contributed by atoms with Crippen molar-refractivity contribution in [2.45, 2.75) is 0 Å². The largest absolute Gasteiger partial charge is 0.636 e. The van der Waals surface area contributed by atoms with Crippen molar-refractivity contribution < 1.29 is 5.48 Å². The van der Waals surface area contributed by atoms with Crippen LogP contribution < -0.4 is 5.48 Å². The maximum Gasteiger partial charge on any atom is 0.0942 e. The molecular formula is C9H11NO. The van der Waals surface area contributed by atoms with Gasteiger partial charge in [-0.2, -0.15) is 0 Å². The van der Waals surface area contributed by atoms with E-state index in [0.29, 0.717) is 6.54 Å². The van der Waals surface area contributed by atoms with Gasteiger partial charge in [0.1, 0.15) is 0 Å². The molecule has 2 N–H and O–H groups in total. The second-order valence-electron chi connectivity index (χ2n) is 2.22. The Morgan fingerprint density at radius 1 is 1.27 bits per heavy atom. The van der Waals surface area contributed by atoms with Gasteiger partial charge in [0, 0.05) is 0 Å². The first kappa shape index (κ1) is 7.98. The summed E-state index contributed by atoms with van der Waals surface area (Å²) in [5.74, 6) is 0. The van der Waals surface area contributed by atoms with Crippen LogP contribution in [0.4, 0.5) is 0 Å². The Morgan fingerprint density at radius 3 is 2.64 bits per heavy atom. The van der Waals surface area contributed by atoms with Gasteiger partial charge in [0.2, 0.25) is 0 Å². The van der Waals surface area contributed by atoms with E-state index in [4.69, 9.17) is 0 Å². The molecule has 0 amide bonds. The quantitative estimate of drug-likeness (QED) is 0.633. The van der Waals surface area contributed by atoms with Crippen molar-refractivity contribution in [3.63, 3.8) is 0 Å². The molecule has 0 spiro atoms. The maximum absolute atomic E-state index is 9.94. The van der Waals surface area contributed by atoms with Gasteiger partial charge in [0.15, 0.2) is 0 Å². The Morgan fingerprint density at radius 2 is 2.00 bits per heavy atom. The molecule has 2 heteroatoms. The lowest BCUT2D eigenvalue weighted by Gasteiger charge is -1.94. The summed E-state index contributed by atoms with van der Waals surface area (Å²) in [5.41, 5.74) is 2.02. The molecule has 0 radical (unpaired) electrons. The second-order valence-corrected chi connectivity index (χ2v) is 2.22. The van der Waals surface area contributed by atoms with Crippen LogP contribution in [0, 0.1) is 5.21 Å². The normalized spacial score (nSPS) is 10.6. The first-order valence-corrected chi connectivity index (χ1v) is 3.58. The van der Waals surface area contributed by atoms with Crippen molar-refractivity contribution in [1.29, 1.82) is 0 Å². The van der Waals surface area contributed by atoms with Gasteiger partial charge in [-0.3, -0.25) is 0 Å². The van der Waals surface area contributed by atoms with E-state index in [9.17, 15) is 5.21 Å². The van der Waals surface area contributed by atoms with E-state index in [1.807, 2.05) is 42.5 Å². The molecule has 1 aromatic rings. The van der Waals surface area contributed by atoms with Gasteiger partial charge in [-0.1, -0.05) is 36.4 Å². The summed E-state index contributed by atoms with van der Waals surface area (Å²) in [7, 11) is 0. The highest BCUT2D eigenvalue weighted by molar-refractivity contribution is 5.48. The van der Waals surface area contributed by atoms with Crippen molar-refractivity contribution in [3.05, 3.63) is 47.2 Å². The molecule has 0 saturated carbocycles. The molecule has 1 rings (SSSR count). The number of hydrogen-bond donors (Lipinski definition) is 1. The highest BCUT2D eigenvalue weighted by Gasteiger charge is 1.80. The summed E-state index contributed by atoms with van der Waals surface area (Å²) < 4.78 is 0. The van der Waals surface area contributed by atoms with E-state index in [1.165, 1.54) is 0 Å². The van der Waals surface area contributed by atoms with E-state index in [1.54, 1.807) is 0 Å². The van der Waals surface area contributed by atoms with Crippen LogP contribution in [-0.2, 0) is 0 Å². The van der Waals surface area contributed by atoms with Gasteiger partial charge in [0.05, 0.1) is 6.54 Å². The Bertz CT molecular complexity index is 218. The molecule has 0 heterocycles. The molecule has 0 atom stereocenters. The molecule has 0 aromatic heterocycles. The van der Waals surface area contributed by atoms with Crippen LogP contribution in [0.1, 0.15) is 5.56 Å². The molecule has 0 fully saturated rings. The standard InChI is InChI=1S/C9H11NO/c11-10-8-4-7-9-5-2-1-3-6-9/h1-7H,8,10H2. The SMILES string of the molecule is [O-][NH2+]CC=Cc1ccccc1. The number of hydrogen-bond acceptors (Lipinski definition) is 1. The number of nitrogens with two attached hydrogens (primary N) is 1. The molecule has 1 aromatic carbocycles. The fraction of sp³-hybridized carbons (Fsp3) is 0.111. The third kappa shape index (κ3) is 2.98. The lowest BCUT2D eigenvalue weighted by atomic mass is 10.2. The number of benzene rings is 1. The highest BCUT2D eigenvalue weighted by atomic mass is 16.5. The fourth-order valence-corrected chi connectivity index (χ4v) is 0.824. The molecule has 0 aliphatic heterocycles. The van der Waals surface area contributed by atoms with Crippen LogP contribution in [0.5, 0.6) is 0 Å². The predicted molar refractivity (Wildman–Crippen MR) is 45.6 cm³/mol. The van der Waals surface area contributed by atoms with E-state index in [2.05, 4.69) is 0 Å². The molecule has 0 bridgehead atoms. The van der Waals surface area contributed by atoms with E-state index < -0.39 is 0 Å². The summed E-state index contributed by atoms with van der Waals surface area (Å²) in [6.07, 6.45) is 3.79. The molecule has 0 aliphatic rings. The Labute approximate surface area is 66.1 Å². The van der Waals surface area contributed by atoms with Crippen molar-refractivity contribution in [1.82, 2.24) is 0 Å². The molecule has 0 unspecified atom stereocenters. The third-order valence-electron chi connectivity index (χ3n) is 1.34. The predicted octanol–water partition coefficient (Wildman–Crippen LogP) is 0.761. The average molecular weight is 149 g/mol. The molecular weight excluding hydrogens is 138 g/mol. The number of rotatable bonds is 3. The maximum atomic E-state index is 9.94. The summed E-state index contributed by atoms with van der Waals surface area (Å²) in [6.45, 7) is 0.495. The van der Waals surface area contributed by atoms with Gasteiger partial charge < -0.3 is 10.7 Å². The van der Waals surface area contributed by atoms with Crippen molar-refractivity contribution >= 4 is 6.08 Å². The van der Waals surface area contributed by atoms with Crippen LogP contribution in [0.15, 0.2) is 36.4 Å². The second kappa shape index (κ2) is 4.66. The van der Waals surface area contributed by atoms with Crippen LogP contribution in [0.25, 0.3) is 6.08 Å². The summed E-state index contributed by atoms with van der Waals surface area (Å²) in [4.78, 5) is 0. The van der Waals surface area contributed by atoms with Crippen molar-refractivity contribution in [2.24, 2.45) is 0 Å². The molecule has 11 heavy (non-hydrogen) atoms. The van der Waals surface area contributed by atoms with E-state index >= 15 is 0 Å². The summed E-state index contributed by atoms with van der Waals surface area (Å²) in [5, 5.41) is 9.94. The zero-order chi connectivity index (χ0) is 7.94. The number of quaternary nitrogens is 1. The monoisotopic (exact) mass is 149 g/mol. The van der Waals surface area contributed by atoms with Crippen LogP contribution in [0.2, 0.25) is 0 Å². The van der Waals surface area contributed by atoms with Crippen molar-refractivity contribution in [3.8, 4) is 0 Å². The van der Waals surface area contributed by atoms with Gasteiger partial charge in [-0.15, -0.1) is 0 Å². The van der Waals surface area contributed by atoms with Gasteiger partial charge in [-0.05, 0) is 11.6 Å². The summed E-state index contributed by atoms with van der Waals surface area (Å²) >= 11 is 0. The van der Waals surface area contributed by atoms with Gasteiger partial charge in [0.25, 0.3) is 0 Å². The van der Waals surface area contributed by atoms with Crippen LogP contribution >= 0.6 is 0 Å². The Hall–Kier alpha value is -1.12. The third-order valence-corrected chi connectivity index (χ3v) is 1.34. The molecule has 58 valence electrons. The van der Waals surface area contributed by atoms with Crippen molar-refractivity contribution in [2.75, 3.05) is 6.54 Å². The smallest absolute Gasteiger partial charge is 0.0942 e. The topological polar surface area (TPSA) is 39.7 Å². The van der Waals surface area contributed by atoms with E-state index in [0.717, 1.165) is 11.0 Å². The minimum absolute atomic E-state index is 0.495. The molecule has 0 saturated heterocycles. The Balaban J connectivity index is 2.50. The Kier molecular flexibility index (Phi) is 3.38. The molecule has 2 nitrogen and oxygen atoms in total.